The van der Waals surface area contributed by atoms with Gasteiger partial charge in [0, 0.05) is 10.6 Å². The molecule has 0 aliphatic heterocycles. The number of aromatic nitrogens is 1. The van der Waals surface area contributed by atoms with Gasteiger partial charge in [-0.05, 0) is 18.6 Å². The van der Waals surface area contributed by atoms with E-state index in [-0.39, 0.29) is 0 Å². The summed E-state index contributed by atoms with van der Waals surface area (Å²) in [6.45, 7) is 2.05. The van der Waals surface area contributed by atoms with E-state index in [1.165, 1.54) is 5.56 Å². The molecule has 0 atom stereocenters. The fourth-order valence-corrected chi connectivity index (χ4v) is 1.03. The first-order valence-electron chi connectivity index (χ1n) is 2.80. The lowest BCUT2D eigenvalue weighted by Gasteiger charge is -1.92. The molecule has 1 aromatic rings. The first kappa shape index (κ1) is 6.99. The van der Waals surface area contributed by atoms with Crippen LogP contribution in [0.4, 0.5) is 0 Å². The van der Waals surface area contributed by atoms with Crippen molar-refractivity contribution in [3.63, 3.8) is 0 Å². The van der Waals surface area contributed by atoms with E-state index in [0.717, 1.165) is 10.1 Å². The Morgan fingerprint density at radius 3 is 2.78 bits per heavy atom. The number of alkyl halides is 1. The Morgan fingerprint density at radius 1 is 1.56 bits per heavy atom. The van der Waals surface area contributed by atoms with Crippen molar-refractivity contribution in [1.29, 1.82) is 0 Å². The average Bonchev–Trinajstić information content (AvgIpc) is 1.90. The lowest BCUT2D eigenvalue weighted by Crippen LogP contribution is -1.82. The molecule has 0 amide bonds. The summed E-state index contributed by atoms with van der Waals surface area (Å²) < 4.78 is 0.998. The molecule has 0 unspecified atom stereocenters. The average molecular weight is 233 g/mol. The van der Waals surface area contributed by atoms with E-state index in [2.05, 4.69) is 39.7 Å². The summed E-state index contributed by atoms with van der Waals surface area (Å²) in [5, 5.41) is 0. The molecule has 0 spiro atoms. The van der Waals surface area contributed by atoms with Crippen LogP contribution in [0.15, 0.2) is 18.3 Å². The summed E-state index contributed by atoms with van der Waals surface area (Å²) in [6.07, 6.45) is 1.90. The van der Waals surface area contributed by atoms with E-state index < -0.39 is 0 Å². The molecule has 1 aromatic heterocycles. The van der Waals surface area contributed by atoms with Crippen molar-refractivity contribution in [1.82, 2.24) is 4.98 Å². The van der Waals surface area contributed by atoms with E-state index in [1.807, 2.05) is 13.1 Å². The van der Waals surface area contributed by atoms with Crippen molar-refractivity contribution in [2.75, 3.05) is 0 Å². The van der Waals surface area contributed by atoms with Crippen molar-refractivity contribution >= 4 is 22.6 Å². The fourth-order valence-electron chi connectivity index (χ4n) is 0.577. The van der Waals surface area contributed by atoms with Gasteiger partial charge < -0.3 is 0 Å². The number of pyridine rings is 1. The van der Waals surface area contributed by atoms with Crippen LogP contribution in [0.3, 0.4) is 0 Å². The van der Waals surface area contributed by atoms with Crippen LogP contribution in [0.25, 0.3) is 0 Å². The zero-order valence-electron chi connectivity index (χ0n) is 5.26. The Balaban J connectivity index is 2.88. The second kappa shape index (κ2) is 3.15. The van der Waals surface area contributed by atoms with Crippen LogP contribution in [0.1, 0.15) is 11.3 Å². The van der Waals surface area contributed by atoms with Crippen LogP contribution in [0.5, 0.6) is 0 Å². The first-order valence-corrected chi connectivity index (χ1v) is 4.33. The molecule has 1 nitrogen and oxygen atoms in total. The topological polar surface area (TPSA) is 12.9 Å². The van der Waals surface area contributed by atoms with E-state index >= 15 is 0 Å². The number of nitrogens with zero attached hydrogens (tertiary/aromatic N) is 1. The van der Waals surface area contributed by atoms with Crippen LogP contribution >= 0.6 is 22.6 Å². The first-order chi connectivity index (χ1) is 4.33. The predicted octanol–water partition coefficient (Wildman–Crippen LogP) is 2.33. The monoisotopic (exact) mass is 233 g/mol. The van der Waals surface area contributed by atoms with Gasteiger partial charge in [0.1, 0.15) is 0 Å². The summed E-state index contributed by atoms with van der Waals surface area (Å²) in [5.41, 5.74) is 2.38. The number of halogens is 1. The van der Waals surface area contributed by atoms with Crippen LogP contribution in [0, 0.1) is 6.92 Å². The SMILES string of the molecule is Cc1ccc(CI)nc1. The predicted molar refractivity (Wildman–Crippen MR) is 46.7 cm³/mol. The molecule has 0 aliphatic carbocycles. The van der Waals surface area contributed by atoms with Gasteiger partial charge in [0.25, 0.3) is 0 Å². The fraction of sp³-hybridized carbons (Fsp3) is 0.286. The number of aryl methyl sites for hydroxylation is 1. The maximum absolute atomic E-state index is 4.19. The highest BCUT2D eigenvalue weighted by Gasteiger charge is 1.87. The third kappa shape index (κ3) is 1.93. The van der Waals surface area contributed by atoms with Gasteiger partial charge in [-0.3, -0.25) is 4.98 Å². The molecule has 1 heterocycles. The summed E-state index contributed by atoms with van der Waals surface area (Å²) in [5.74, 6) is 0. The Labute approximate surface area is 68.6 Å². The molecule has 2 heteroatoms. The van der Waals surface area contributed by atoms with Crippen LogP contribution in [-0.2, 0) is 4.43 Å². The number of hydrogen-bond donors (Lipinski definition) is 0. The van der Waals surface area contributed by atoms with Crippen molar-refractivity contribution in [3.05, 3.63) is 29.6 Å². The Hall–Kier alpha value is -0.120. The molecule has 9 heavy (non-hydrogen) atoms. The van der Waals surface area contributed by atoms with Gasteiger partial charge in [-0.25, -0.2) is 0 Å². The van der Waals surface area contributed by atoms with E-state index in [0.29, 0.717) is 0 Å². The second-order valence-corrected chi connectivity index (χ2v) is 2.72. The van der Waals surface area contributed by atoms with Gasteiger partial charge in [-0.15, -0.1) is 0 Å². The molecule has 0 saturated heterocycles. The Kier molecular flexibility index (Phi) is 2.45. The molecule has 48 valence electrons. The quantitative estimate of drug-likeness (QED) is 0.535. The third-order valence-corrected chi connectivity index (χ3v) is 1.89. The maximum atomic E-state index is 4.19. The summed E-state index contributed by atoms with van der Waals surface area (Å²) in [4.78, 5) is 4.19. The molecule has 0 aromatic carbocycles. The molecule has 0 aliphatic rings. The lowest BCUT2D eigenvalue weighted by molar-refractivity contribution is 1.16. The highest BCUT2D eigenvalue weighted by atomic mass is 127. The highest BCUT2D eigenvalue weighted by Crippen LogP contribution is 2.02. The molecule has 1 rings (SSSR count). The van der Waals surface area contributed by atoms with Crippen molar-refractivity contribution in [2.24, 2.45) is 0 Å². The van der Waals surface area contributed by atoms with Crippen molar-refractivity contribution in [2.45, 2.75) is 11.4 Å². The van der Waals surface area contributed by atoms with Crippen molar-refractivity contribution in [3.8, 4) is 0 Å². The van der Waals surface area contributed by atoms with Gasteiger partial charge in [0.15, 0.2) is 0 Å². The normalized spacial score (nSPS) is 9.56. The van der Waals surface area contributed by atoms with Crippen LogP contribution < -0.4 is 0 Å². The van der Waals surface area contributed by atoms with Gasteiger partial charge in [-0.1, -0.05) is 28.7 Å². The molecule has 0 saturated carbocycles. The maximum Gasteiger partial charge on any atom is 0.0501 e. The summed E-state index contributed by atoms with van der Waals surface area (Å²) >= 11 is 2.30. The largest absolute Gasteiger partial charge is 0.260 e. The third-order valence-electron chi connectivity index (χ3n) is 1.11. The van der Waals surface area contributed by atoms with Gasteiger partial charge in [0.2, 0.25) is 0 Å². The Bertz CT molecular complexity index is 181. The molecular formula is C7H8IN. The van der Waals surface area contributed by atoms with E-state index in [1.54, 1.807) is 0 Å². The van der Waals surface area contributed by atoms with Crippen molar-refractivity contribution < 1.29 is 0 Å². The zero-order valence-corrected chi connectivity index (χ0v) is 7.42. The minimum atomic E-state index is 0.998. The summed E-state index contributed by atoms with van der Waals surface area (Å²) in [6, 6.07) is 4.14. The Morgan fingerprint density at radius 2 is 2.33 bits per heavy atom. The minimum absolute atomic E-state index is 0.998. The smallest absolute Gasteiger partial charge is 0.0501 e. The van der Waals surface area contributed by atoms with Gasteiger partial charge in [0.05, 0.1) is 5.69 Å². The van der Waals surface area contributed by atoms with Crippen LogP contribution in [-0.4, -0.2) is 4.98 Å². The molecule has 0 fully saturated rings. The van der Waals surface area contributed by atoms with Gasteiger partial charge in [-0.2, -0.15) is 0 Å². The lowest BCUT2D eigenvalue weighted by atomic mass is 10.3. The second-order valence-electron chi connectivity index (χ2n) is 1.96. The number of rotatable bonds is 1. The highest BCUT2D eigenvalue weighted by molar-refractivity contribution is 14.1. The molecule has 0 N–H and O–H groups in total. The number of hydrogen-bond acceptors (Lipinski definition) is 1. The molecule has 0 radical (unpaired) electrons. The minimum Gasteiger partial charge on any atom is -0.260 e. The standard InChI is InChI=1S/C7H8IN/c1-6-2-3-7(4-8)9-5-6/h2-3,5H,4H2,1H3. The van der Waals surface area contributed by atoms with Crippen LogP contribution in [0.2, 0.25) is 0 Å². The van der Waals surface area contributed by atoms with E-state index in [4.69, 9.17) is 0 Å². The van der Waals surface area contributed by atoms with Gasteiger partial charge >= 0.3 is 0 Å². The molecule has 0 bridgehead atoms. The van der Waals surface area contributed by atoms with E-state index in [9.17, 15) is 0 Å². The summed E-state index contributed by atoms with van der Waals surface area (Å²) in [7, 11) is 0. The molecular weight excluding hydrogens is 225 g/mol. The zero-order chi connectivity index (χ0) is 6.69.